The van der Waals surface area contributed by atoms with Gasteiger partial charge in [-0.1, -0.05) is 17.4 Å². The Morgan fingerprint density at radius 1 is 1.50 bits per heavy atom. The van der Waals surface area contributed by atoms with Gasteiger partial charge in [-0.25, -0.2) is 4.39 Å². The monoisotopic (exact) mass is 298 g/mol. The highest BCUT2D eigenvalue weighted by Crippen LogP contribution is 2.30. The van der Waals surface area contributed by atoms with Crippen LogP contribution in [0.1, 0.15) is 5.56 Å². The first kappa shape index (κ1) is 11.0. The second kappa shape index (κ2) is 4.60. The predicted octanol–water partition coefficient (Wildman–Crippen LogP) is 3.71. The van der Waals surface area contributed by atoms with Crippen molar-refractivity contribution >= 4 is 27.3 Å². The number of nitrogens with zero attached hydrogens (tertiary/aromatic N) is 2. The molecule has 0 radical (unpaired) electrons. The first-order valence-electron chi connectivity index (χ1n) is 4.18. The lowest BCUT2D eigenvalue weighted by atomic mass is 10.2. The van der Waals surface area contributed by atoms with Crippen molar-refractivity contribution in [2.24, 2.45) is 0 Å². The minimum absolute atomic E-state index is 0.117. The zero-order valence-electron chi connectivity index (χ0n) is 7.78. The summed E-state index contributed by atoms with van der Waals surface area (Å²) in [4.78, 5) is 3.99. The summed E-state index contributed by atoms with van der Waals surface area (Å²) in [6.45, 7) is 0. The van der Waals surface area contributed by atoms with Crippen LogP contribution in [0, 0.1) is 17.1 Å². The number of aromatic nitrogens is 1. The molecule has 0 N–H and O–H groups in total. The van der Waals surface area contributed by atoms with Gasteiger partial charge in [0.15, 0.2) is 5.75 Å². The largest absolute Gasteiger partial charge is 0.429 e. The molecular weight excluding hydrogens is 295 g/mol. The zero-order chi connectivity index (χ0) is 11.5. The van der Waals surface area contributed by atoms with Gasteiger partial charge >= 0.3 is 0 Å². The highest BCUT2D eigenvalue weighted by molar-refractivity contribution is 9.10. The second-order valence-electron chi connectivity index (χ2n) is 2.76. The van der Waals surface area contributed by atoms with Crippen LogP contribution >= 0.6 is 27.3 Å². The van der Waals surface area contributed by atoms with E-state index in [0.29, 0.717) is 9.80 Å². The Kier molecular flexibility index (Phi) is 3.17. The fraction of sp³-hybridized carbons (Fsp3) is 0. The molecule has 0 saturated carbocycles. The molecule has 3 nitrogen and oxygen atoms in total. The Morgan fingerprint density at radius 3 is 2.94 bits per heavy atom. The van der Waals surface area contributed by atoms with Crippen molar-refractivity contribution in [1.29, 1.82) is 5.26 Å². The summed E-state index contributed by atoms with van der Waals surface area (Å²) in [5, 5.41) is 10.9. The third-order valence-corrected chi connectivity index (χ3v) is 3.17. The van der Waals surface area contributed by atoms with Crippen molar-refractivity contribution in [3.05, 3.63) is 39.6 Å². The number of rotatable bonds is 2. The van der Waals surface area contributed by atoms with Gasteiger partial charge in [-0.05, 0) is 28.1 Å². The fourth-order valence-electron chi connectivity index (χ4n) is 1.08. The van der Waals surface area contributed by atoms with Crippen LogP contribution in [0.4, 0.5) is 4.39 Å². The van der Waals surface area contributed by atoms with E-state index >= 15 is 0 Å². The average Bonchev–Trinajstić information content (AvgIpc) is 2.64. The summed E-state index contributed by atoms with van der Waals surface area (Å²) in [5.41, 5.74) is -0.117. The van der Waals surface area contributed by atoms with Crippen molar-refractivity contribution in [3.8, 4) is 17.0 Å². The maximum Gasteiger partial charge on any atom is 0.279 e. The maximum absolute atomic E-state index is 13.2. The lowest BCUT2D eigenvalue weighted by molar-refractivity contribution is 0.470. The van der Waals surface area contributed by atoms with E-state index in [9.17, 15) is 4.39 Å². The van der Waals surface area contributed by atoms with Gasteiger partial charge in [0.1, 0.15) is 22.1 Å². The number of ether oxygens (including phenoxy) is 1. The smallest absolute Gasteiger partial charge is 0.279 e. The Hall–Kier alpha value is -1.45. The van der Waals surface area contributed by atoms with Crippen LogP contribution in [0.15, 0.2) is 28.2 Å². The van der Waals surface area contributed by atoms with E-state index in [-0.39, 0.29) is 11.3 Å². The number of hydrogen-bond donors (Lipinski definition) is 0. The molecule has 0 spiro atoms. The van der Waals surface area contributed by atoms with E-state index in [1.807, 2.05) is 0 Å². The average molecular weight is 299 g/mol. The molecule has 0 fully saturated rings. The van der Waals surface area contributed by atoms with Gasteiger partial charge in [0.25, 0.3) is 5.19 Å². The third kappa shape index (κ3) is 2.21. The molecular formula is C10H4BrFN2OS. The van der Waals surface area contributed by atoms with Crippen LogP contribution in [-0.4, -0.2) is 4.98 Å². The van der Waals surface area contributed by atoms with Crippen molar-refractivity contribution in [1.82, 2.24) is 4.98 Å². The minimum Gasteiger partial charge on any atom is -0.429 e. The molecule has 0 amide bonds. The lowest BCUT2D eigenvalue weighted by Gasteiger charge is -2.03. The summed E-state index contributed by atoms with van der Waals surface area (Å²) in [6, 6.07) is 5.97. The molecule has 1 aromatic heterocycles. The van der Waals surface area contributed by atoms with Gasteiger partial charge in [0.2, 0.25) is 0 Å². The zero-order valence-corrected chi connectivity index (χ0v) is 10.2. The molecule has 0 aliphatic heterocycles. The van der Waals surface area contributed by atoms with E-state index < -0.39 is 5.82 Å². The molecule has 2 aromatic rings. The summed E-state index contributed by atoms with van der Waals surface area (Å²) < 4.78 is 19.2. The van der Waals surface area contributed by atoms with Crippen molar-refractivity contribution in [2.45, 2.75) is 0 Å². The van der Waals surface area contributed by atoms with Crippen LogP contribution in [0.3, 0.4) is 0 Å². The van der Waals surface area contributed by atoms with Gasteiger partial charge in [-0.15, -0.1) is 0 Å². The van der Waals surface area contributed by atoms with Crippen LogP contribution in [0.5, 0.6) is 10.9 Å². The predicted molar refractivity (Wildman–Crippen MR) is 61.0 cm³/mol. The van der Waals surface area contributed by atoms with Gasteiger partial charge in [0.05, 0.1) is 0 Å². The van der Waals surface area contributed by atoms with Gasteiger partial charge in [-0.3, -0.25) is 0 Å². The number of nitriles is 1. The van der Waals surface area contributed by atoms with E-state index in [2.05, 4.69) is 20.9 Å². The molecule has 0 aliphatic carbocycles. The highest BCUT2D eigenvalue weighted by Gasteiger charge is 2.11. The van der Waals surface area contributed by atoms with E-state index in [1.165, 1.54) is 29.5 Å². The Morgan fingerprint density at radius 2 is 2.31 bits per heavy atom. The number of benzene rings is 1. The fourth-order valence-corrected chi connectivity index (χ4v) is 2.18. The topological polar surface area (TPSA) is 45.9 Å². The third-order valence-electron chi connectivity index (χ3n) is 1.74. The van der Waals surface area contributed by atoms with E-state index in [1.54, 1.807) is 11.4 Å². The number of thiazole rings is 1. The Labute approximate surface area is 103 Å². The molecule has 0 unspecified atom stereocenters. The van der Waals surface area contributed by atoms with Crippen LogP contribution in [0.25, 0.3) is 0 Å². The molecule has 0 bridgehead atoms. The van der Waals surface area contributed by atoms with Crippen molar-refractivity contribution < 1.29 is 9.13 Å². The van der Waals surface area contributed by atoms with Crippen molar-refractivity contribution in [2.75, 3.05) is 0 Å². The van der Waals surface area contributed by atoms with Crippen LogP contribution in [0.2, 0.25) is 0 Å². The first-order valence-corrected chi connectivity index (χ1v) is 5.85. The molecule has 6 heteroatoms. The summed E-state index contributed by atoms with van der Waals surface area (Å²) in [5.74, 6) is -0.431. The summed E-state index contributed by atoms with van der Waals surface area (Å²) >= 11 is 4.43. The molecule has 16 heavy (non-hydrogen) atoms. The maximum atomic E-state index is 13.2. The minimum atomic E-state index is -0.601. The summed E-state index contributed by atoms with van der Waals surface area (Å²) in [7, 11) is 0. The molecule has 0 atom stereocenters. The summed E-state index contributed by atoms with van der Waals surface area (Å²) in [6.07, 6.45) is 0. The Bertz CT molecular complexity index is 564. The number of hydrogen-bond acceptors (Lipinski definition) is 4. The first-order chi connectivity index (χ1) is 7.70. The number of halogens is 2. The molecule has 0 saturated heterocycles. The van der Waals surface area contributed by atoms with Gasteiger partial charge < -0.3 is 4.74 Å². The highest BCUT2D eigenvalue weighted by atomic mass is 79.9. The standard InChI is InChI=1S/C10H4BrFN2OS/c11-9-5-16-10(14-9)15-8-3-1-2-7(12)6(8)4-13/h1-3,5H. The van der Waals surface area contributed by atoms with Gasteiger partial charge in [0, 0.05) is 5.38 Å². The molecule has 80 valence electrons. The van der Waals surface area contributed by atoms with E-state index in [0.717, 1.165) is 0 Å². The normalized spacial score (nSPS) is 9.81. The van der Waals surface area contributed by atoms with Gasteiger partial charge in [-0.2, -0.15) is 10.2 Å². The quantitative estimate of drug-likeness (QED) is 0.849. The SMILES string of the molecule is N#Cc1c(F)cccc1Oc1nc(Br)cs1. The van der Waals surface area contributed by atoms with Crippen molar-refractivity contribution in [3.63, 3.8) is 0 Å². The molecule has 1 aromatic carbocycles. The lowest BCUT2D eigenvalue weighted by Crippen LogP contribution is -1.90. The molecule has 0 aliphatic rings. The Balaban J connectivity index is 2.35. The molecule has 2 rings (SSSR count). The second-order valence-corrected chi connectivity index (χ2v) is 4.40. The van der Waals surface area contributed by atoms with Crippen LogP contribution < -0.4 is 4.74 Å². The van der Waals surface area contributed by atoms with Crippen LogP contribution in [-0.2, 0) is 0 Å². The molecule has 1 heterocycles. The van der Waals surface area contributed by atoms with E-state index in [4.69, 9.17) is 10.00 Å².